The van der Waals surface area contributed by atoms with Crippen molar-refractivity contribution >= 4 is 0 Å². The Morgan fingerprint density at radius 2 is 2.44 bits per heavy atom. The molecular formula is C5H7NO3. The Labute approximate surface area is 51.7 Å². The fourth-order valence-corrected chi connectivity index (χ4v) is 0.510. The standard InChI is InChI=1S/C5H7NO3/c7-5(6-8)4-2-1-3-9-4/h1-3,5-8H. The summed E-state index contributed by atoms with van der Waals surface area (Å²) in [5, 5.41) is 16.9. The van der Waals surface area contributed by atoms with Gasteiger partial charge in [-0.1, -0.05) is 0 Å². The summed E-state index contributed by atoms with van der Waals surface area (Å²) < 4.78 is 4.71. The molecule has 3 N–H and O–H groups in total. The van der Waals surface area contributed by atoms with E-state index < -0.39 is 6.23 Å². The van der Waals surface area contributed by atoms with E-state index in [-0.39, 0.29) is 5.76 Å². The van der Waals surface area contributed by atoms with Crippen LogP contribution in [0.25, 0.3) is 0 Å². The Balaban J connectivity index is 2.65. The van der Waals surface area contributed by atoms with Gasteiger partial charge in [0.05, 0.1) is 6.26 Å². The lowest BCUT2D eigenvalue weighted by molar-refractivity contribution is -0.0119. The fraction of sp³-hybridized carbons (Fsp3) is 0.200. The summed E-state index contributed by atoms with van der Waals surface area (Å²) in [7, 11) is 0. The molecule has 0 bridgehead atoms. The Morgan fingerprint density at radius 3 is 2.89 bits per heavy atom. The van der Waals surface area contributed by atoms with Crippen LogP contribution in [0.15, 0.2) is 22.8 Å². The van der Waals surface area contributed by atoms with Crippen molar-refractivity contribution in [2.75, 3.05) is 0 Å². The third-order valence-corrected chi connectivity index (χ3v) is 0.935. The van der Waals surface area contributed by atoms with E-state index in [2.05, 4.69) is 0 Å². The number of rotatable bonds is 2. The number of aliphatic hydroxyl groups is 1. The number of hydrogen-bond donors (Lipinski definition) is 3. The van der Waals surface area contributed by atoms with Gasteiger partial charge in [0.1, 0.15) is 5.76 Å². The van der Waals surface area contributed by atoms with Crippen molar-refractivity contribution in [1.82, 2.24) is 5.48 Å². The van der Waals surface area contributed by atoms with E-state index in [4.69, 9.17) is 14.7 Å². The van der Waals surface area contributed by atoms with E-state index in [1.54, 1.807) is 17.6 Å². The third kappa shape index (κ3) is 1.29. The molecule has 0 aliphatic rings. The highest BCUT2D eigenvalue weighted by atomic mass is 16.5. The van der Waals surface area contributed by atoms with E-state index >= 15 is 0 Å². The van der Waals surface area contributed by atoms with Crippen molar-refractivity contribution in [1.29, 1.82) is 0 Å². The van der Waals surface area contributed by atoms with Crippen molar-refractivity contribution in [3.8, 4) is 0 Å². The van der Waals surface area contributed by atoms with Gasteiger partial charge in [-0.15, -0.1) is 0 Å². The van der Waals surface area contributed by atoms with Crippen LogP contribution in [0.3, 0.4) is 0 Å². The van der Waals surface area contributed by atoms with Gasteiger partial charge in [-0.3, -0.25) is 0 Å². The van der Waals surface area contributed by atoms with Gasteiger partial charge in [0, 0.05) is 0 Å². The molecule has 1 unspecified atom stereocenters. The second kappa shape index (κ2) is 2.63. The van der Waals surface area contributed by atoms with Crippen LogP contribution in [0.4, 0.5) is 0 Å². The van der Waals surface area contributed by atoms with Crippen LogP contribution < -0.4 is 5.48 Å². The van der Waals surface area contributed by atoms with Crippen LogP contribution in [-0.2, 0) is 0 Å². The molecule has 1 aromatic heterocycles. The zero-order valence-corrected chi connectivity index (χ0v) is 4.61. The zero-order chi connectivity index (χ0) is 6.69. The molecule has 4 nitrogen and oxygen atoms in total. The molecule has 50 valence electrons. The third-order valence-electron chi connectivity index (χ3n) is 0.935. The Hall–Kier alpha value is -0.840. The summed E-state index contributed by atoms with van der Waals surface area (Å²) in [4.78, 5) is 0. The number of hydroxylamine groups is 1. The van der Waals surface area contributed by atoms with Crippen LogP contribution in [0.1, 0.15) is 12.0 Å². The second-order valence-electron chi connectivity index (χ2n) is 1.55. The maximum atomic E-state index is 8.76. The second-order valence-corrected chi connectivity index (χ2v) is 1.55. The Bertz CT molecular complexity index is 161. The van der Waals surface area contributed by atoms with E-state index in [1.165, 1.54) is 6.26 Å². The molecule has 1 rings (SSSR count). The number of nitrogens with one attached hydrogen (secondary N) is 1. The molecule has 0 amide bonds. The number of hydrogen-bond acceptors (Lipinski definition) is 4. The monoisotopic (exact) mass is 129 g/mol. The maximum Gasteiger partial charge on any atom is 0.185 e. The van der Waals surface area contributed by atoms with Gasteiger partial charge in [-0.2, -0.15) is 5.48 Å². The maximum absolute atomic E-state index is 8.76. The smallest absolute Gasteiger partial charge is 0.185 e. The van der Waals surface area contributed by atoms with Crippen LogP contribution >= 0.6 is 0 Å². The van der Waals surface area contributed by atoms with E-state index in [9.17, 15) is 0 Å². The highest BCUT2D eigenvalue weighted by Crippen LogP contribution is 2.07. The Morgan fingerprint density at radius 1 is 1.67 bits per heavy atom. The molecule has 0 aliphatic heterocycles. The predicted molar refractivity (Wildman–Crippen MR) is 28.6 cm³/mol. The molecule has 0 saturated carbocycles. The van der Waals surface area contributed by atoms with Crippen molar-refractivity contribution in [2.24, 2.45) is 0 Å². The summed E-state index contributed by atoms with van der Waals surface area (Å²) in [5.74, 6) is 0.289. The molecule has 0 aromatic carbocycles. The lowest BCUT2D eigenvalue weighted by Gasteiger charge is -2.01. The average molecular weight is 129 g/mol. The van der Waals surface area contributed by atoms with Crippen LogP contribution in [0, 0.1) is 0 Å². The number of furan rings is 1. The molecule has 0 spiro atoms. The molecular weight excluding hydrogens is 122 g/mol. The molecule has 0 saturated heterocycles. The van der Waals surface area contributed by atoms with E-state index in [0.717, 1.165) is 0 Å². The van der Waals surface area contributed by atoms with Crippen molar-refractivity contribution in [3.05, 3.63) is 24.2 Å². The summed E-state index contributed by atoms with van der Waals surface area (Å²) >= 11 is 0. The molecule has 1 atom stereocenters. The molecule has 1 heterocycles. The van der Waals surface area contributed by atoms with Crippen molar-refractivity contribution in [2.45, 2.75) is 6.23 Å². The van der Waals surface area contributed by atoms with Gasteiger partial charge in [0.25, 0.3) is 0 Å². The summed E-state index contributed by atoms with van der Waals surface area (Å²) in [5.41, 5.74) is 1.63. The highest BCUT2D eigenvalue weighted by Gasteiger charge is 2.05. The quantitative estimate of drug-likeness (QED) is 0.395. The zero-order valence-electron chi connectivity index (χ0n) is 4.61. The largest absolute Gasteiger partial charge is 0.465 e. The first-order valence-electron chi connectivity index (χ1n) is 2.45. The fourth-order valence-electron chi connectivity index (χ4n) is 0.510. The SMILES string of the molecule is ONC(O)c1ccco1. The van der Waals surface area contributed by atoms with Crippen LogP contribution in [0.2, 0.25) is 0 Å². The first-order valence-corrected chi connectivity index (χ1v) is 2.45. The molecule has 4 heteroatoms. The van der Waals surface area contributed by atoms with E-state index in [1.807, 2.05) is 0 Å². The minimum absolute atomic E-state index is 0.289. The number of aliphatic hydroxyl groups excluding tert-OH is 1. The van der Waals surface area contributed by atoms with Crippen molar-refractivity contribution < 1.29 is 14.7 Å². The van der Waals surface area contributed by atoms with Crippen LogP contribution in [-0.4, -0.2) is 10.3 Å². The van der Waals surface area contributed by atoms with Crippen molar-refractivity contribution in [3.63, 3.8) is 0 Å². The lowest BCUT2D eigenvalue weighted by Crippen LogP contribution is -2.14. The average Bonchev–Trinajstić information content (AvgIpc) is 2.37. The molecule has 0 radical (unpaired) electrons. The minimum Gasteiger partial charge on any atom is -0.465 e. The van der Waals surface area contributed by atoms with E-state index in [0.29, 0.717) is 0 Å². The van der Waals surface area contributed by atoms with Crippen LogP contribution in [0.5, 0.6) is 0 Å². The highest BCUT2D eigenvalue weighted by molar-refractivity contribution is 4.99. The first-order chi connectivity index (χ1) is 4.34. The predicted octanol–water partition coefficient (Wildman–Crippen LogP) is 0.249. The minimum atomic E-state index is -1.13. The first kappa shape index (κ1) is 6.28. The van der Waals surface area contributed by atoms with Gasteiger partial charge in [-0.25, -0.2) is 0 Å². The van der Waals surface area contributed by atoms with Gasteiger partial charge in [-0.05, 0) is 12.1 Å². The van der Waals surface area contributed by atoms with Gasteiger partial charge in [0.2, 0.25) is 0 Å². The summed E-state index contributed by atoms with van der Waals surface area (Å²) in [6.45, 7) is 0. The summed E-state index contributed by atoms with van der Waals surface area (Å²) in [6, 6.07) is 3.17. The normalized spacial score (nSPS) is 13.6. The molecule has 0 fully saturated rings. The Kier molecular flexibility index (Phi) is 1.84. The topological polar surface area (TPSA) is 65.6 Å². The lowest BCUT2D eigenvalue weighted by atomic mass is 10.4. The van der Waals surface area contributed by atoms with Gasteiger partial charge in [0.15, 0.2) is 6.23 Å². The van der Waals surface area contributed by atoms with Gasteiger partial charge < -0.3 is 14.7 Å². The summed E-state index contributed by atoms with van der Waals surface area (Å²) in [6.07, 6.45) is 0.288. The van der Waals surface area contributed by atoms with Gasteiger partial charge >= 0.3 is 0 Å². The molecule has 9 heavy (non-hydrogen) atoms. The molecule has 1 aromatic rings. The molecule has 0 aliphatic carbocycles.